The van der Waals surface area contributed by atoms with Gasteiger partial charge < -0.3 is 15.2 Å². The van der Waals surface area contributed by atoms with Crippen LogP contribution in [0, 0.1) is 23.6 Å². The Morgan fingerprint density at radius 1 is 1.31 bits per heavy atom. The van der Waals surface area contributed by atoms with Crippen LogP contribution in [0.25, 0.3) is 0 Å². The van der Waals surface area contributed by atoms with Crippen LogP contribution in [-0.4, -0.2) is 28.3 Å². The van der Waals surface area contributed by atoms with Crippen molar-refractivity contribution in [1.82, 2.24) is 5.32 Å². The fourth-order valence-corrected chi connectivity index (χ4v) is 5.65. The van der Waals surface area contributed by atoms with Gasteiger partial charge in [-0.1, -0.05) is 11.6 Å². The number of nitrogens with one attached hydrogen (secondary N) is 1. The number of hydrogen-bond acceptors (Lipinski definition) is 3. The van der Waals surface area contributed by atoms with Gasteiger partial charge in [-0.05, 0) is 81.9 Å². The number of benzene rings is 1. The Morgan fingerprint density at radius 3 is 2.54 bits per heavy atom. The van der Waals surface area contributed by atoms with Gasteiger partial charge in [0.25, 0.3) is 5.91 Å². The van der Waals surface area contributed by atoms with Crippen LogP contribution in [0.1, 0.15) is 46.0 Å². The molecule has 1 aromatic carbocycles. The summed E-state index contributed by atoms with van der Waals surface area (Å²) in [5, 5.41) is 14.3. The standard InChI is InChI=1S/C20H25ClFNO3/c1-19(2,26-16-4-3-14(22)8-15(16)21)18(24)23-17-13-6-11-5-12(7-13)10-20(17,25)9-11/h3-4,8,11-13,17,25H,5-7,9-10H2,1-2H3,(H,23,24)/t11-,12?,13?,17-,20?/m0/s1. The smallest absolute Gasteiger partial charge is 0.263 e. The molecule has 26 heavy (non-hydrogen) atoms. The Balaban J connectivity index is 1.48. The Morgan fingerprint density at radius 2 is 1.96 bits per heavy atom. The van der Waals surface area contributed by atoms with Crippen molar-refractivity contribution in [3.05, 3.63) is 29.0 Å². The molecule has 2 N–H and O–H groups in total. The molecule has 4 nitrogen and oxygen atoms in total. The molecule has 0 aromatic heterocycles. The van der Waals surface area contributed by atoms with E-state index >= 15 is 0 Å². The molecule has 4 bridgehead atoms. The number of carbonyl (C=O) groups is 1. The molecule has 0 spiro atoms. The van der Waals surface area contributed by atoms with Crippen LogP contribution in [0.2, 0.25) is 5.02 Å². The van der Waals surface area contributed by atoms with Gasteiger partial charge in [-0.25, -0.2) is 4.39 Å². The van der Waals surface area contributed by atoms with E-state index < -0.39 is 17.0 Å². The molecule has 0 aliphatic heterocycles. The number of ether oxygens (including phenoxy) is 1. The van der Waals surface area contributed by atoms with Crippen LogP contribution in [0.5, 0.6) is 5.75 Å². The lowest BCUT2D eigenvalue weighted by molar-refractivity contribution is -0.162. The second kappa shape index (κ2) is 6.10. The van der Waals surface area contributed by atoms with Crippen LogP contribution >= 0.6 is 11.6 Å². The zero-order chi connectivity index (χ0) is 18.7. The third-order valence-corrected chi connectivity index (χ3v) is 6.66. The van der Waals surface area contributed by atoms with Gasteiger partial charge in [0.05, 0.1) is 16.7 Å². The molecule has 142 valence electrons. The zero-order valence-corrected chi connectivity index (χ0v) is 15.9. The van der Waals surface area contributed by atoms with Crippen LogP contribution in [-0.2, 0) is 4.79 Å². The van der Waals surface area contributed by atoms with E-state index in [0.717, 1.165) is 31.7 Å². The lowest BCUT2D eigenvalue weighted by Crippen LogP contribution is -2.68. The molecule has 5 rings (SSSR count). The summed E-state index contributed by atoms with van der Waals surface area (Å²) in [5.41, 5.74) is -1.99. The average molecular weight is 382 g/mol. The monoisotopic (exact) mass is 381 g/mol. The molecule has 1 aromatic rings. The summed E-state index contributed by atoms with van der Waals surface area (Å²) >= 11 is 6.02. The van der Waals surface area contributed by atoms with Crippen molar-refractivity contribution in [2.45, 2.75) is 63.2 Å². The Hall–Kier alpha value is -1.33. The largest absolute Gasteiger partial charge is 0.476 e. The van der Waals surface area contributed by atoms with Crippen LogP contribution < -0.4 is 10.1 Å². The average Bonchev–Trinajstić information content (AvgIpc) is 2.52. The first kappa shape index (κ1) is 18.1. The van der Waals surface area contributed by atoms with Gasteiger partial charge in [0.1, 0.15) is 11.6 Å². The Kier molecular flexibility index (Phi) is 4.23. The van der Waals surface area contributed by atoms with Gasteiger partial charge in [-0.15, -0.1) is 0 Å². The second-order valence-electron chi connectivity index (χ2n) is 8.85. The third-order valence-electron chi connectivity index (χ3n) is 6.37. The van der Waals surface area contributed by atoms with Gasteiger partial charge in [-0.2, -0.15) is 0 Å². The van der Waals surface area contributed by atoms with Crippen molar-refractivity contribution < 1.29 is 19.0 Å². The van der Waals surface area contributed by atoms with Gasteiger partial charge >= 0.3 is 0 Å². The van der Waals surface area contributed by atoms with E-state index in [9.17, 15) is 14.3 Å². The maximum absolute atomic E-state index is 13.2. The Bertz CT molecular complexity index is 724. The molecule has 3 unspecified atom stereocenters. The van der Waals surface area contributed by atoms with E-state index in [-0.39, 0.29) is 22.7 Å². The SMILES string of the molecule is CC(C)(Oc1ccc(F)cc1Cl)C(=O)N[C@H]1C2CC3C[C@@H](C2)CC1(O)C3. The van der Waals surface area contributed by atoms with Gasteiger partial charge in [0, 0.05) is 0 Å². The maximum Gasteiger partial charge on any atom is 0.263 e. The minimum absolute atomic E-state index is 0.124. The molecule has 5 atom stereocenters. The fourth-order valence-electron chi connectivity index (χ4n) is 5.44. The highest BCUT2D eigenvalue weighted by Gasteiger charge is 2.57. The Labute approximate surface area is 158 Å². The summed E-state index contributed by atoms with van der Waals surface area (Å²) in [6.45, 7) is 3.31. The third kappa shape index (κ3) is 3.09. The minimum Gasteiger partial charge on any atom is -0.476 e. The highest BCUT2D eigenvalue weighted by Crippen LogP contribution is 2.55. The van der Waals surface area contributed by atoms with E-state index in [4.69, 9.17) is 16.3 Å². The number of aliphatic hydroxyl groups is 1. The number of hydrogen-bond donors (Lipinski definition) is 2. The quantitative estimate of drug-likeness (QED) is 0.836. The van der Waals surface area contributed by atoms with E-state index in [1.165, 1.54) is 18.6 Å². The van der Waals surface area contributed by atoms with Gasteiger partial charge in [-0.3, -0.25) is 4.79 Å². The summed E-state index contributed by atoms with van der Waals surface area (Å²) in [7, 11) is 0. The summed E-state index contributed by atoms with van der Waals surface area (Å²) in [6.07, 6.45) is 4.92. The molecule has 0 saturated heterocycles. The molecule has 4 fully saturated rings. The predicted molar refractivity (Wildman–Crippen MR) is 96.6 cm³/mol. The lowest BCUT2D eigenvalue weighted by Gasteiger charge is -2.59. The number of rotatable bonds is 4. The van der Waals surface area contributed by atoms with E-state index in [2.05, 4.69) is 5.32 Å². The van der Waals surface area contributed by atoms with E-state index in [1.807, 2.05) is 0 Å². The van der Waals surface area contributed by atoms with Gasteiger partial charge in [0.15, 0.2) is 5.60 Å². The molecule has 4 saturated carbocycles. The van der Waals surface area contributed by atoms with Crippen molar-refractivity contribution in [2.75, 3.05) is 0 Å². The highest BCUT2D eigenvalue weighted by molar-refractivity contribution is 6.32. The van der Waals surface area contributed by atoms with Gasteiger partial charge in [0.2, 0.25) is 0 Å². The molecule has 0 radical (unpaired) electrons. The van der Waals surface area contributed by atoms with Crippen molar-refractivity contribution in [1.29, 1.82) is 0 Å². The van der Waals surface area contributed by atoms with Crippen molar-refractivity contribution in [3.63, 3.8) is 0 Å². The summed E-state index contributed by atoms with van der Waals surface area (Å²) in [6, 6.07) is 3.60. The maximum atomic E-state index is 13.2. The topological polar surface area (TPSA) is 58.6 Å². The molecule has 4 aliphatic carbocycles. The van der Waals surface area contributed by atoms with E-state index in [1.54, 1.807) is 13.8 Å². The molecule has 1 amide bonds. The fraction of sp³-hybridized carbons (Fsp3) is 0.650. The molecular weight excluding hydrogens is 357 g/mol. The summed E-state index contributed by atoms with van der Waals surface area (Å²) < 4.78 is 19.0. The second-order valence-corrected chi connectivity index (χ2v) is 9.26. The molecule has 6 heteroatoms. The lowest BCUT2D eigenvalue weighted by atomic mass is 9.52. The zero-order valence-electron chi connectivity index (χ0n) is 15.1. The first-order valence-corrected chi connectivity index (χ1v) is 9.71. The van der Waals surface area contributed by atoms with Crippen molar-refractivity contribution >= 4 is 17.5 Å². The molecule has 4 aliphatic rings. The van der Waals surface area contributed by atoms with E-state index in [0.29, 0.717) is 17.8 Å². The molecule has 0 heterocycles. The predicted octanol–water partition coefficient (Wildman–Crippen LogP) is 3.69. The highest BCUT2D eigenvalue weighted by atomic mass is 35.5. The van der Waals surface area contributed by atoms with Crippen LogP contribution in [0.3, 0.4) is 0 Å². The number of halogens is 2. The van der Waals surface area contributed by atoms with Crippen LogP contribution in [0.15, 0.2) is 18.2 Å². The van der Waals surface area contributed by atoms with Crippen LogP contribution in [0.4, 0.5) is 4.39 Å². The van der Waals surface area contributed by atoms with Crippen molar-refractivity contribution in [2.24, 2.45) is 17.8 Å². The molecular formula is C20H25ClFNO3. The normalized spacial score (nSPS) is 35.4. The number of amides is 1. The minimum atomic E-state index is -1.19. The summed E-state index contributed by atoms with van der Waals surface area (Å²) in [5.74, 6) is 1.03. The summed E-state index contributed by atoms with van der Waals surface area (Å²) in [4.78, 5) is 12.9. The first-order valence-electron chi connectivity index (χ1n) is 9.34. The first-order chi connectivity index (χ1) is 12.2. The number of carbonyl (C=O) groups excluding carboxylic acids is 1. The van der Waals surface area contributed by atoms with Crippen molar-refractivity contribution in [3.8, 4) is 5.75 Å².